The number of fused-ring (bicyclic) bond motifs is 8. The van der Waals surface area contributed by atoms with Crippen LogP contribution >= 0.6 is 0 Å². The highest BCUT2D eigenvalue weighted by Gasteiger charge is 2.33. The first-order valence-electron chi connectivity index (χ1n) is 12.3. The van der Waals surface area contributed by atoms with E-state index in [9.17, 15) is 18.8 Å². The monoisotopic (exact) mass is 518 g/mol. The van der Waals surface area contributed by atoms with Gasteiger partial charge in [-0.3, -0.25) is 19.4 Å². The Balaban J connectivity index is 1.50. The smallest absolute Gasteiger partial charge is 0.258 e. The maximum Gasteiger partial charge on any atom is 0.258 e. The van der Waals surface area contributed by atoms with E-state index in [0.29, 0.717) is 35.4 Å². The summed E-state index contributed by atoms with van der Waals surface area (Å²) in [4.78, 5) is 43.7. The summed E-state index contributed by atoms with van der Waals surface area (Å²) in [7, 11) is 0. The van der Waals surface area contributed by atoms with E-state index in [1.165, 1.54) is 25.3 Å². The Morgan fingerprint density at radius 3 is 2.74 bits per heavy atom. The van der Waals surface area contributed by atoms with Gasteiger partial charge in [-0.25, -0.2) is 4.39 Å². The Kier molecular flexibility index (Phi) is 7.21. The van der Waals surface area contributed by atoms with Gasteiger partial charge in [0.2, 0.25) is 5.91 Å². The topological polar surface area (TPSA) is 110 Å². The Labute approximate surface area is 219 Å². The summed E-state index contributed by atoms with van der Waals surface area (Å²) >= 11 is 0. The van der Waals surface area contributed by atoms with E-state index < -0.39 is 18.0 Å². The minimum atomic E-state index is -0.547. The molecule has 5 rings (SSSR count). The molecule has 2 atom stereocenters. The highest BCUT2D eigenvalue weighted by Crippen LogP contribution is 2.26. The number of nitrogens with one attached hydrogen (secondary N) is 2. The first-order valence-corrected chi connectivity index (χ1v) is 12.3. The number of nitrogens with zero attached hydrogens (tertiary/aromatic N) is 2. The number of halogens is 1. The summed E-state index contributed by atoms with van der Waals surface area (Å²) in [5.74, 6) is -0.624. The average molecular weight is 519 g/mol. The molecule has 1 aromatic heterocycles. The van der Waals surface area contributed by atoms with Gasteiger partial charge in [-0.05, 0) is 41.5 Å². The largest absolute Gasteiger partial charge is 0.488 e. The molecule has 1 fully saturated rings. The first kappa shape index (κ1) is 25.2. The van der Waals surface area contributed by atoms with Crippen molar-refractivity contribution in [3.63, 3.8) is 0 Å². The number of ether oxygens (including phenoxy) is 2. The van der Waals surface area contributed by atoms with E-state index in [0.717, 1.165) is 5.56 Å². The molecule has 10 heteroatoms. The second kappa shape index (κ2) is 10.9. The number of piperidine rings is 1. The van der Waals surface area contributed by atoms with Gasteiger partial charge in [-0.2, -0.15) is 0 Å². The highest BCUT2D eigenvalue weighted by atomic mass is 19.1. The molecule has 0 spiro atoms. The summed E-state index contributed by atoms with van der Waals surface area (Å²) in [6.45, 7) is 2.02. The number of hydrogen-bond donors (Lipinski definition) is 2. The lowest BCUT2D eigenvalue weighted by Crippen LogP contribution is -2.57. The molecule has 2 aliphatic heterocycles. The van der Waals surface area contributed by atoms with Gasteiger partial charge in [0.25, 0.3) is 11.8 Å². The Morgan fingerprint density at radius 1 is 1.05 bits per heavy atom. The molecular formula is C28H27FN4O5. The van der Waals surface area contributed by atoms with Gasteiger partial charge in [0, 0.05) is 57.0 Å². The Bertz CT molecular complexity index is 1380. The molecule has 9 nitrogen and oxygen atoms in total. The molecule has 3 amide bonds. The van der Waals surface area contributed by atoms with E-state index in [4.69, 9.17) is 9.47 Å². The number of carbonyl (C=O) groups excluding carboxylic acids is 3. The fourth-order valence-electron chi connectivity index (χ4n) is 4.60. The molecule has 0 unspecified atom stereocenters. The van der Waals surface area contributed by atoms with Crippen molar-refractivity contribution in [1.29, 1.82) is 0 Å². The zero-order valence-electron chi connectivity index (χ0n) is 20.8. The van der Waals surface area contributed by atoms with E-state index >= 15 is 0 Å². The molecule has 38 heavy (non-hydrogen) atoms. The summed E-state index contributed by atoms with van der Waals surface area (Å²) in [6, 6.07) is 12.5. The molecule has 2 aromatic carbocycles. The van der Waals surface area contributed by atoms with Crippen molar-refractivity contribution >= 4 is 17.7 Å². The maximum atomic E-state index is 14.4. The number of pyridine rings is 1. The number of amides is 3. The predicted molar refractivity (Wildman–Crippen MR) is 136 cm³/mol. The van der Waals surface area contributed by atoms with Crippen LogP contribution in [0.2, 0.25) is 0 Å². The predicted octanol–water partition coefficient (Wildman–Crippen LogP) is 2.69. The molecule has 1 saturated heterocycles. The van der Waals surface area contributed by atoms with Gasteiger partial charge in [0.05, 0.1) is 11.6 Å². The number of rotatable bonds is 0. The summed E-state index contributed by atoms with van der Waals surface area (Å²) in [5.41, 5.74) is 2.30. The van der Waals surface area contributed by atoms with Crippen molar-refractivity contribution < 1.29 is 28.2 Å². The number of benzene rings is 2. The van der Waals surface area contributed by atoms with Crippen LogP contribution in [0.15, 0.2) is 60.9 Å². The molecule has 2 N–H and O–H groups in total. The van der Waals surface area contributed by atoms with Gasteiger partial charge in [0.1, 0.15) is 23.4 Å². The first-order chi connectivity index (χ1) is 18.3. The van der Waals surface area contributed by atoms with Gasteiger partial charge in [0.15, 0.2) is 6.61 Å². The molecule has 196 valence electrons. The zero-order chi connectivity index (χ0) is 26.6. The van der Waals surface area contributed by atoms with Crippen molar-refractivity contribution in [1.82, 2.24) is 20.5 Å². The third-order valence-corrected chi connectivity index (χ3v) is 6.56. The molecule has 3 heterocycles. The molecule has 0 saturated carbocycles. The lowest BCUT2D eigenvalue weighted by Gasteiger charge is -2.38. The molecule has 3 aromatic rings. The third-order valence-electron chi connectivity index (χ3n) is 6.56. The van der Waals surface area contributed by atoms with Crippen LogP contribution < -0.4 is 20.1 Å². The second-order valence-corrected chi connectivity index (χ2v) is 9.34. The fourth-order valence-corrected chi connectivity index (χ4v) is 4.60. The molecular weight excluding hydrogens is 491 g/mol. The zero-order valence-corrected chi connectivity index (χ0v) is 20.8. The number of hydrogen-bond acceptors (Lipinski definition) is 6. The Hall–Kier alpha value is -4.47. The van der Waals surface area contributed by atoms with Crippen LogP contribution in [0.25, 0.3) is 11.1 Å². The average Bonchev–Trinajstić information content (AvgIpc) is 2.91. The highest BCUT2D eigenvalue weighted by molar-refractivity contribution is 5.95. The normalized spacial score (nSPS) is 19.8. The van der Waals surface area contributed by atoms with E-state index in [2.05, 4.69) is 15.6 Å². The van der Waals surface area contributed by atoms with Crippen molar-refractivity contribution in [3.05, 3.63) is 77.9 Å². The molecule has 2 aliphatic rings. The molecule has 0 radical (unpaired) electrons. The van der Waals surface area contributed by atoms with Crippen molar-refractivity contribution in [3.8, 4) is 22.6 Å². The van der Waals surface area contributed by atoms with Crippen LogP contribution in [-0.2, 0) is 16.1 Å². The van der Waals surface area contributed by atoms with Crippen LogP contribution in [0.1, 0.15) is 29.3 Å². The fraction of sp³-hybridized carbons (Fsp3) is 0.286. The number of likely N-dealkylation sites (tertiary alicyclic amines) is 1. The second-order valence-electron chi connectivity index (χ2n) is 9.34. The summed E-state index contributed by atoms with van der Waals surface area (Å²) in [5, 5.41) is 5.72. The van der Waals surface area contributed by atoms with Crippen molar-refractivity contribution in [2.24, 2.45) is 0 Å². The van der Waals surface area contributed by atoms with Crippen LogP contribution in [0, 0.1) is 5.82 Å². The summed E-state index contributed by atoms with van der Waals surface area (Å²) < 4.78 is 26.2. The summed E-state index contributed by atoms with van der Waals surface area (Å²) in [6.07, 6.45) is 3.03. The molecule has 6 bridgehead atoms. The van der Waals surface area contributed by atoms with Crippen molar-refractivity contribution in [2.45, 2.75) is 32.0 Å². The quantitative estimate of drug-likeness (QED) is 0.474. The lowest BCUT2D eigenvalue weighted by atomic mass is 10.0. The van der Waals surface area contributed by atoms with Crippen LogP contribution in [0.4, 0.5) is 4.39 Å². The lowest BCUT2D eigenvalue weighted by molar-refractivity contribution is -0.131. The van der Waals surface area contributed by atoms with Crippen LogP contribution in [0.3, 0.4) is 0 Å². The van der Waals surface area contributed by atoms with Crippen LogP contribution in [0.5, 0.6) is 11.5 Å². The minimum Gasteiger partial charge on any atom is -0.488 e. The standard InChI is InChI=1S/C28H27FN4O5/c1-17(34)33-6-5-26-25(15-33)32-28(36)21-9-20(13-30-14-21)19-3-2-4-23(10-19)37-16-27(35)31-12-18-7-22(29)11-24(8-18)38-26/h2-4,7-11,13-14,25-26H,5-6,12,15-16H2,1H3,(H,31,35)(H,32,36)/t25-,26+/m1/s1. The Morgan fingerprint density at radius 2 is 1.89 bits per heavy atom. The van der Waals surface area contributed by atoms with Gasteiger partial charge in [-0.1, -0.05) is 12.1 Å². The minimum absolute atomic E-state index is 0.0802. The van der Waals surface area contributed by atoms with Crippen molar-refractivity contribution in [2.75, 3.05) is 19.7 Å². The maximum absolute atomic E-state index is 14.4. The number of carbonyl (C=O) groups is 3. The van der Waals surface area contributed by atoms with Gasteiger partial charge < -0.3 is 25.0 Å². The van der Waals surface area contributed by atoms with Gasteiger partial charge in [-0.15, -0.1) is 0 Å². The number of aromatic nitrogens is 1. The third kappa shape index (κ3) is 5.91. The van der Waals surface area contributed by atoms with E-state index in [-0.39, 0.29) is 43.2 Å². The van der Waals surface area contributed by atoms with Gasteiger partial charge >= 0.3 is 0 Å². The van der Waals surface area contributed by atoms with Crippen LogP contribution in [-0.4, -0.2) is 59.4 Å². The van der Waals surface area contributed by atoms with E-state index in [1.807, 2.05) is 6.07 Å². The SMILES string of the molecule is CC(=O)N1CC[C@@H]2Oc3cc(F)cc(c3)CNC(=O)COc3cccc(c3)-c3cncc(c3)C(=O)N[C@@H]2C1. The van der Waals surface area contributed by atoms with E-state index in [1.54, 1.807) is 41.4 Å². The molecule has 0 aliphatic carbocycles.